The van der Waals surface area contributed by atoms with Crippen LogP contribution in [0.2, 0.25) is 0 Å². The molecule has 0 bridgehead atoms. The lowest BCUT2D eigenvalue weighted by Gasteiger charge is -2.19. The third-order valence-corrected chi connectivity index (χ3v) is 2.88. The van der Waals surface area contributed by atoms with Gasteiger partial charge in [0, 0.05) is 12.1 Å². The maximum absolute atomic E-state index is 8.99. The molecular weight excluding hydrogens is 150 g/mol. The van der Waals surface area contributed by atoms with E-state index in [2.05, 4.69) is 19.2 Å². The van der Waals surface area contributed by atoms with E-state index in [9.17, 15) is 0 Å². The molecular formula is C10H21NO. The molecule has 0 spiro atoms. The summed E-state index contributed by atoms with van der Waals surface area (Å²) in [5, 5.41) is 12.5. The van der Waals surface area contributed by atoms with Gasteiger partial charge in [-0.15, -0.1) is 0 Å². The Kier molecular flexibility index (Phi) is 4.02. The molecule has 0 aromatic heterocycles. The van der Waals surface area contributed by atoms with E-state index in [1.807, 2.05) is 0 Å². The normalized spacial score (nSPS) is 32.2. The number of nitrogens with one attached hydrogen (secondary N) is 1. The van der Waals surface area contributed by atoms with Crippen LogP contribution in [0.15, 0.2) is 0 Å². The summed E-state index contributed by atoms with van der Waals surface area (Å²) in [6.07, 6.45) is 4.95. The average molecular weight is 171 g/mol. The van der Waals surface area contributed by atoms with Crippen molar-refractivity contribution in [3.05, 3.63) is 0 Å². The van der Waals surface area contributed by atoms with Gasteiger partial charge in [0.25, 0.3) is 0 Å². The Morgan fingerprint density at radius 3 is 2.67 bits per heavy atom. The Balaban J connectivity index is 2.21. The molecule has 2 N–H and O–H groups in total. The van der Waals surface area contributed by atoms with Crippen LogP contribution < -0.4 is 5.32 Å². The highest BCUT2D eigenvalue weighted by atomic mass is 16.3. The maximum atomic E-state index is 8.99. The summed E-state index contributed by atoms with van der Waals surface area (Å²) in [6.45, 7) is 4.70. The standard InChI is InChI=1S/C10H21NO/c1-3-9(7-12)11-10-5-4-8(2)6-10/h8-12H,3-7H2,1-2H3/t8-,9+,10-/m0/s1. The molecule has 2 heteroatoms. The lowest BCUT2D eigenvalue weighted by atomic mass is 10.1. The molecule has 72 valence electrons. The van der Waals surface area contributed by atoms with Crippen molar-refractivity contribution in [2.45, 2.75) is 51.6 Å². The minimum Gasteiger partial charge on any atom is -0.395 e. The molecule has 2 nitrogen and oxygen atoms in total. The van der Waals surface area contributed by atoms with Crippen molar-refractivity contribution in [3.63, 3.8) is 0 Å². The van der Waals surface area contributed by atoms with E-state index >= 15 is 0 Å². The van der Waals surface area contributed by atoms with Gasteiger partial charge in [-0.2, -0.15) is 0 Å². The highest BCUT2D eigenvalue weighted by molar-refractivity contribution is 4.81. The van der Waals surface area contributed by atoms with Gasteiger partial charge in [-0.25, -0.2) is 0 Å². The van der Waals surface area contributed by atoms with Gasteiger partial charge in [-0.05, 0) is 31.6 Å². The number of rotatable bonds is 4. The van der Waals surface area contributed by atoms with Crippen LogP contribution >= 0.6 is 0 Å². The predicted octanol–water partition coefficient (Wildman–Crippen LogP) is 1.54. The van der Waals surface area contributed by atoms with Gasteiger partial charge in [-0.3, -0.25) is 0 Å². The number of aliphatic hydroxyl groups is 1. The fourth-order valence-corrected chi connectivity index (χ4v) is 1.99. The zero-order chi connectivity index (χ0) is 8.97. The summed E-state index contributed by atoms with van der Waals surface area (Å²) in [5.41, 5.74) is 0. The number of hydrogen-bond acceptors (Lipinski definition) is 2. The van der Waals surface area contributed by atoms with Gasteiger partial charge in [0.15, 0.2) is 0 Å². The lowest BCUT2D eigenvalue weighted by molar-refractivity contribution is 0.227. The smallest absolute Gasteiger partial charge is 0.0584 e. The summed E-state index contributed by atoms with van der Waals surface area (Å²) in [5.74, 6) is 0.874. The summed E-state index contributed by atoms with van der Waals surface area (Å²) in [7, 11) is 0. The maximum Gasteiger partial charge on any atom is 0.0584 e. The minimum atomic E-state index is 0.279. The van der Waals surface area contributed by atoms with E-state index in [0.29, 0.717) is 12.1 Å². The number of aliphatic hydroxyl groups excluding tert-OH is 1. The third-order valence-electron chi connectivity index (χ3n) is 2.88. The highest BCUT2D eigenvalue weighted by Gasteiger charge is 2.22. The Hall–Kier alpha value is -0.0800. The predicted molar refractivity (Wildman–Crippen MR) is 51.1 cm³/mol. The van der Waals surface area contributed by atoms with Crippen molar-refractivity contribution in [2.75, 3.05) is 6.61 Å². The fourth-order valence-electron chi connectivity index (χ4n) is 1.99. The summed E-state index contributed by atoms with van der Waals surface area (Å²) < 4.78 is 0. The van der Waals surface area contributed by atoms with Crippen LogP contribution in [0.4, 0.5) is 0 Å². The van der Waals surface area contributed by atoms with Crippen LogP contribution in [0.1, 0.15) is 39.5 Å². The van der Waals surface area contributed by atoms with E-state index < -0.39 is 0 Å². The van der Waals surface area contributed by atoms with Crippen molar-refractivity contribution in [1.82, 2.24) is 5.32 Å². The van der Waals surface area contributed by atoms with Gasteiger partial charge in [0.05, 0.1) is 6.61 Å². The second kappa shape index (κ2) is 4.83. The first-order chi connectivity index (χ1) is 5.76. The Bertz CT molecular complexity index is 123. The van der Waals surface area contributed by atoms with Crippen molar-refractivity contribution < 1.29 is 5.11 Å². The number of hydrogen-bond donors (Lipinski definition) is 2. The molecule has 12 heavy (non-hydrogen) atoms. The summed E-state index contributed by atoms with van der Waals surface area (Å²) >= 11 is 0. The van der Waals surface area contributed by atoms with Crippen LogP contribution in [0.3, 0.4) is 0 Å². The SMILES string of the molecule is CC[C@H](CO)N[C@H]1CC[C@H](C)C1. The Labute approximate surface area is 75.4 Å². The molecule has 0 amide bonds. The minimum absolute atomic E-state index is 0.279. The van der Waals surface area contributed by atoms with E-state index in [1.165, 1.54) is 19.3 Å². The zero-order valence-electron chi connectivity index (χ0n) is 8.21. The van der Waals surface area contributed by atoms with Crippen LogP contribution in [-0.4, -0.2) is 23.8 Å². The van der Waals surface area contributed by atoms with Gasteiger partial charge in [0.2, 0.25) is 0 Å². The Morgan fingerprint density at radius 2 is 2.25 bits per heavy atom. The molecule has 0 aromatic carbocycles. The largest absolute Gasteiger partial charge is 0.395 e. The van der Waals surface area contributed by atoms with Crippen molar-refractivity contribution in [3.8, 4) is 0 Å². The van der Waals surface area contributed by atoms with Gasteiger partial charge < -0.3 is 10.4 Å². The summed E-state index contributed by atoms with van der Waals surface area (Å²) in [6, 6.07) is 0.984. The molecule has 1 aliphatic rings. The van der Waals surface area contributed by atoms with E-state index in [1.54, 1.807) is 0 Å². The van der Waals surface area contributed by atoms with Crippen LogP contribution in [0, 0.1) is 5.92 Å². The van der Waals surface area contributed by atoms with Gasteiger partial charge in [0.1, 0.15) is 0 Å². The molecule has 0 aromatic rings. The van der Waals surface area contributed by atoms with Crippen LogP contribution in [0.25, 0.3) is 0 Å². The molecule has 1 saturated carbocycles. The molecule has 0 unspecified atom stereocenters. The molecule has 0 saturated heterocycles. The first kappa shape index (κ1) is 10.0. The van der Waals surface area contributed by atoms with Crippen molar-refractivity contribution in [1.29, 1.82) is 0 Å². The molecule has 3 atom stereocenters. The topological polar surface area (TPSA) is 32.3 Å². The molecule has 1 aliphatic carbocycles. The first-order valence-corrected chi connectivity index (χ1v) is 5.13. The zero-order valence-corrected chi connectivity index (χ0v) is 8.21. The molecule has 0 radical (unpaired) electrons. The summed E-state index contributed by atoms with van der Waals surface area (Å²) in [4.78, 5) is 0. The molecule has 0 aliphatic heterocycles. The quantitative estimate of drug-likeness (QED) is 0.672. The van der Waals surface area contributed by atoms with E-state index in [-0.39, 0.29) is 6.61 Å². The lowest BCUT2D eigenvalue weighted by Crippen LogP contribution is -2.38. The van der Waals surface area contributed by atoms with Gasteiger partial charge in [-0.1, -0.05) is 13.8 Å². The van der Waals surface area contributed by atoms with Crippen LogP contribution in [-0.2, 0) is 0 Å². The molecule has 1 fully saturated rings. The van der Waals surface area contributed by atoms with Crippen molar-refractivity contribution >= 4 is 0 Å². The monoisotopic (exact) mass is 171 g/mol. The fraction of sp³-hybridized carbons (Fsp3) is 1.00. The Morgan fingerprint density at radius 1 is 1.50 bits per heavy atom. The first-order valence-electron chi connectivity index (χ1n) is 5.13. The second-order valence-electron chi connectivity index (χ2n) is 4.07. The van der Waals surface area contributed by atoms with Gasteiger partial charge >= 0.3 is 0 Å². The van der Waals surface area contributed by atoms with E-state index in [0.717, 1.165) is 12.3 Å². The molecule has 0 heterocycles. The third kappa shape index (κ3) is 2.76. The second-order valence-corrected chi connectivity index (χ2v) is 4.07. The molecule has 1 rings (SSSR count). The van der Waals surface area contributed by atoms with Crippen LogP contribution in [0.5, 0.6) is 0 Å². The van der Waals surface area contributed by atoms with E-state index in [4.69, 9.17) is 5.11 Å². The average Bonchev–Trinajstić information content (AvgIpc) is 2.47. The highest BCUT2D eigenvalue weighted by Crippen LogP contribution is 2.24. The van der Waals surface area contributed by atoms with Crippen molar-refractivity contribution in [2.24, 2.45) is 5.92 Å².